The quantitative estimate of drug-likeness (QED) is 0.399. The Balaban J connectivity index is 1.21. The molecule has 10 heteroatoms. The summed E-state index contributed by atoms with van der Waals surface area (Å²) in [5.41, 5.74) is 0.592. The number of aliphatic hydroxyl groups is 1. The van der Waals surface area contributed by atoms with Crippen LogP contribution in [0.15, 0.2) is 71.2 Å². The van der Waals surface area contributed by atoms with Gasteiger partial charge in [-0.15, -0.1) is 11.3 Å². The second kappa shape index (κ2) is 9.50. The monoisotopic (exact) mass is 514 g/mol. The summed E-state index contributed by atoms with van der Waals surface area (Å²) < 4.78 is 17.2. The van der Waals surface area contributed by atoms with Gasteiger partial charge in [0.25, 0.3) is 0 Å². The number of para-hydroxylation sites is 1. The van der Waals surface area contributed by atoms with Crippen LogP contribution in [0.2, 0.25) is 5.02 Å². The molecule has 1 amide bonds. The normalized spacial score (nSPS) is 16.5. The van der Waals surface area contributed by atoms with E-state index in [1.54, 1.807) is 23.2 Å². The molecule has 1 aliphatic rings. The molecule has 34 heavy (non-hydrogen) atoms. The van der Waals surface area contributed by atoms with Gasteiger partial charge in [-0.1, -0.05) is 35.9 Å². The first kappa shape index (κ1) is 23.0. The maximum Gasteiger partial charge on any atom is 0.242 e. The summed E-state index contributed by atoms with van der Waals surface area (Å²) in [5, 5.41) is 15.3. The first-order valence-electron chi connectivity index (χ1n) is 10.8. The number of carbonyl (C=O) groups is 1. The van der Waals surface area contributed by atoms with Crippen LogP contribution in [0.5, 0.6) is 0 Å². The number of hydrogen-bond acceptors (Lipinski definition) is 5. The molecule has 1 aliphatic heterocycles. The molecule has 1 saturated heterocycles. The lowest BCUT2D eigenvalue weighted by molar-refractivity contribution is -0.136. The standard InChI is InChI=1S/C24H23ClN4O3S2/c25-20-3-1-2-17-8-12-29(22(17)20)16-21(30)28-13-9-24(31,10-14-28)18-4-6-19(7-5-18)34(32)27-23-26-11-15-33-23/h1-8,11-12,15,31H,9-10,13-14,16H2,(H,26,27). The third kappa shape index (κ3) is 4.61. The molecule has 3 heterocycles. The van der Waals surface area contributed by atoms with Gasteiger partial charge in [0.1, 0.15) is 6.54 Å². The number of likely N-dealkylation sites (tertiary alicyclic amines) is 1. The molecule has 1 fully saturated rings. The van der Waals surface area contributed by atoms with Gasteiger partial charge in [-0.05, 0) is 42.7 Å². The number of nitrogens with zero attached hydrogens (tertiary/aromatic N) is 3. The van der Waals surface area contributed by atoms with Crippen molar-refractivity contribution in [1.82, 2.24) is 14.5 Å². The minimum absolute atomic E-state index is 0.00141. The predicted molar refractivity (Wildman–Crippen MR) is 135 cm³/mol. The Morgan fingerprint density at radius 1 is 1.18 bits per heavy atom. The number of amides is 1. The highest BCUT2D eigenvalue weighted by Gasteiger charge is 2.35. The van der Waals surface area contributed by atoms with Crippen LogP contribution in [0, 0.1) is 0 Å². The smallest absolute Gasteiger partial charge is 0.242 e. The number of fused-ring (bicyclic) bond motifs is 1. The lowest BCUT2D eigenvalue weighted by Crippen LogP contribution is -2.46. The molecular weight excluding hydrogens is 492 g/mol. The summed E-state index contributed by atoms with van der Waals surface area (Å²) in [4.78, 5) is 19.4. The molecule has 1 atom stereocenters. The molecule has 0 bridgehead atoms. The number of benzene rings is 2. The Kier molecular flexibility index (Phi) is 6.44. The van der Waals surface area contributed by atoms with Gasteiger partial charge in [0.2, 0.25) is 5.91 Å². The number of nitrogens with one attached hydrogen (secondary N) is 1. The fourth-order valence-electron chi connectivity index (χ4n) is 4.31. The summed E-state index contributed by atoms with van der Waals surface area (Å²) in [6.45, 7) is 1.13. The third-order valence-corrected chi connectivity index (χ3v) is 8.41. The molecular formula is C24H23ClN4O3S2. The zero-order chi connectivity index (χ0) is 23.7. The molecule has 4 aromatic rings. The lowest BCUT2D eigenvalue weighted by Gasteiger charge is -2.38. The fraction of sp³-hybridized carbons (Fsp3) is 0.250. The average Bonchev–Trinajstić information content (AvgIpc) is 3.50. The summed E-state index contributed by atoms with van der Waals surface area (Å²) in [7, 11) is -1.43. The van der Waals surface area contributed by atoms with Crippen LogP contribution in [-0.2, 0) is 27.9 Å². The van der Waals surface area contributed by atoms with E-state index in [1.165, 1.54) is 11.3 Å². The fourth-order valence-corrected chi connectivity index (χ4v) is 6.10. The Morgan fingerprint density at radius 2 is 1.94 bits per heavy atom. The van der Waals surface area contributed by atoms with Gasteiger partial charge in [-0.25, -0.2) is 9.19 Å². The van der Waals surface area contributed by atoms with E-state index in [4.69, 9.17) is 11.6 Å². The topological polar surface area (TPSA) is 87.5 Å². The molecule has 176 valence electrons. The minimum Gasteiger partial charge on any atom is -0.385 e. The van der Waals surface area contributed by atoms with Gasteiger partial charge in [0.15, 0.2) is 16.1 Å². The number of halogens is 1. The molecule has 2 N–H and O–H groups in total. The highest BCUT2D eigenvalue weighted by atomic mass is 35.5. The number of thiazole rings is 1. The number of anilines is 1. The van der Waals surface area contributed by atoms with Crippen LogP contribution in [0.1, 0.15) is 18.4 Å². The zero-order valence-corrected chi connectivity index (χ0v) is 20.6. The molecule has 5 rings (SSSR count). The van der Waals surface area contributed by atoms with Crippen molar-refractivity contribution in [2.45, 2.75) is 29.9 Å². The van der Waals surface area contributed by atoms with E-state index < -0.39 is 16.6 Å². The molecule has 2 aromatic heterocycles. The molecule has 7 nitrogen and oxygen atoms in total. The van der Waals surface area contributed by atoms with Crippen molar-refractivity contribution < 1.29 is 14.1 Å². The third-order valence-electron chi connectivity index (χ3n) is 6.21. The van der Waals surface area contributed by atoms with Crippen LogP contribution < -0.4 is 4.72 Å². The largest absolute Gasteiger partial charge is 0.385 e. The first-order chi connectivity index (χ1) is 16.4. The van der Waals surface area contributed by atoms with Crippen LogP contribution >= 0.6 is 22.9 Å². The molecule has 1 unspecified atom stereocenters. The first-order valence-corrected chi connectivity index (χ1v) is 13.3. The predicted octanol–water partition coefficient (Wildman–Crippen LogP) is 4.40. The molecule has 2 aromatic carbocycles. The van der Waals surface area contributed by atoms with Crippen molar-refractivity contribution in [3.8, 4) is 0 Å². The Labute approximate surface area is 208 Å². The van der Waals surface area contributed by atoms with Crippen molar-refractivity contribution in [3.05, 3.63) is 76.9 Å². The van der Waals surface area contributed by atoms with Gasteiger partial charge >= 0.3 is 0 Å². The number of carbonyl (C=O) groups excluding carboxylic acids is 1. The average molecular weight is 515 g/mol. The van der Waals surface area contributed by atoms with Gasteiger partial charge in [0.05, 0.1) is 21.0 Å². The van der Waals surface area contributed by atoms with E-state index in [0.717, 1.165) is 16.5 Å². The number of piperidine rings is 1. The van der Waals surface area contributed by atoms with Crippen molar-refractivity contribution in [1.29, 1.82) is 0 Å². The van der Waals surface area contributed by atoms with Gasteiger partial charge < -0.3 is 14.6 Å². The molecule has 0 radical (unpaired) electrons. The van der Waals surface area contributed by atoms with Crippen LogP contribution in [0.3, 0.4) is 0 Å². The van der Waals surface area contributed by atoms with E-state index >= 15 is 0 Å². The van der Waals surface area contributed by atoms with E-state index in [2.05, 4.69) is 9.71 Å². The SMILES string of the molecule is O=C(Cn1ccc2cccc(Cl)c21)N1CCC(O)(c2ccc(S(=O)Nc3nccs3)cc2)CC1. The lowest BCUT2D eigenvalue weighted by atomic mass is 9.84. The van der Waals surface area contributed by atoms with E-state index in [1.807, 2.05) is 52.5 Å². The minimum atomic E-state index is -1.43. The number of aromatic nitrogens is 2. The summed E-state index contributed by atoms with van der Waals surface area (Å²) in [6.07, 6.45) is 4.40. The van der Waals surface area contributed by atoms with Crippen LogP contribution in [0.25, 0.3) is 10.9 Å². The zero-order valence-electron chi connectivity index (χ0n) is 18.2. The number of hydrogen-bond donors (Lipinski definition) is 2. The second-order valence-corrected chi connectivity index (χ2v) is 10.8. The summed E-state index contributed by atoms with van der Waals surface area (Å²) in [6, 6.07) is 14.8. The number of rotatable bonds is 6. The van der Waals surface area contributed by atoms with E-state index in [9.17, 15) is 14.1 Å². The van der Waals surface area contributed by atoms with Gasteiger partial charge in [-0.2, -0.15) is 0 Å². The Morgan fingerprint density at radius 3 is 2.65 bits per heavy atom. The molecule has 0 saturated carbocycles. The van der Waals surface area contributed by atoms with Crippen molar-refractivity contribution in [2.75, 3.05) is 17.8 Å². The molecule has 0 spiro atoms. The summed E-state index contributed by atoms with van der Waals surface area (Å²) in [5.74, 6) is -0.00141. The van der Waals surface area contributed by atoms with Crippen LogP contribution in [-0.4, -0.2) is 42.8 Å². The van der Waals surface area contributed by atoms with Gasteiger partial charge in [0, 0.05) is 36.2 Å². The Bertz CT molecular complexity index is 1330. The van der Waals surface area contributed by atoms with Gasteiger partial charge in [-0.3, -0.25) is 9.52 Å². The van der Waals surface area contributed by atoms with Crippen molar-refractivity contribution in [3.63, 3.8) is 0 Å². The summed E-state index contributed by atoms with van der Waals surface area (Å²) >= 11 is 7.72. The Hall–Kier alpha value is -2.72. The highest BCUT2D eigenvalue weighted by molar-refractivity contribution is 7.86. The van der Waals surface area contributed by atoms with Crippen LogP contribution in [0.4, 0.5) is 5.13 Å². The maximum atomic E-state index is 13.0. The molecule has 0 aliphatic carbocycles. The van der Waals surface area contributed by atoms with E-state index in [0.29, 0.717) is 41.0 Å². The van der Waals surface area contributed by atoms with E-state index in [-0.39, 0.29) is 12.5 Å². The second-order valence-electron chi connectivity index (χ2n) is 8.27. The van der Waals surface area contributed by atoms with Crippen molar-refractivity contribution in [2.24, 2.45) is 0 Å². The maximum absolute atomic E-state index is 13.0. The highest BCUT2D eigenvalue weighted by Crippen LogP contribution is 2.33. The van der Waals surface area contributed by atoms with Crippen molar-refractivity contribution >= 4 is 55.9 Å².